The third kappa shape index (κ3) is 16.3. The highest BCUT2D eigenvalue weighted by molar-refractivity contribution is 5.03. The Labute approximate surface area is 528 Å². The zero-order chi connectivity index (χ0) is 66.0. The lowest BCUT2D eigenvalue weighted by Crippen LogP contribution is -2.69. The molecule has 35 atom stereocenters. The fourth-order valence-corrected chi connectivity index (χ4v) is 13.1. The van der Waals surface area contributed by atoms with E-state index >= 15 is 0 Å². The zero-order valence-corrected chi connectivity index (χ0v) is 53.7. The minimum absolute atomic E-state index is 0.227. The van der Waals surface area contributed by atoms with Crippen molar-refractivity contribution in [3.05, 3.63) is 0 Å². The smallest absolute Gasteiger partial charge is 0.187 e. The first-order valence-corrected chi connectivity index (χ1v) is 30.0. The predicted molar refractivity (Wildman–Crippen MR) is 295 cm³/mol. The van der Waals surface area contributed by atoms with Gasteiger partial charge in [-0.15, -0.1) is 0 Å². The summed E-state index contributed by atoms with van der Waals surface area (Å²) in [6.07, 6.45) is -49.4. The molecule has 21 saturated heterocycles. The number of rotatable bonds is 21. The Kier molecular flexibility index (Phi) is 29.3. The van der Waals surface area contributed by atoms with Crippen LogP contribution < -0.4 is 0 Å². The molecule has 0 saturated carbocycles. The van der Waals surface area contributed by atoms with Crippen LogP contribution in [0.3, 0.4) is 0 Å². The topological polar surface area (TPSA) is 400 Å². The van der Waals surface area contributed by atoms with Crippen molar-refractivity contribution in [1.29, 1.82) is 0 Å². The van der Waals surface area contributed by atoms with Gasteiger partial charge in [0.15, 0.2) is 44.0 Å². The van der Waals surface area contributed by atoms with E-state index in [1.165, 1.54) is 99.5 Å². The lowest BCUT2D eigenvalue weighted by Gasteiger charge is -2.51. The van der Waals surface area contributed by atoms with Crippen LogP contribution in [0.25, 0.3) is 0 Å². The van der Waals surface area contributed by atoms with E-state index in [1.807, 2.05) is 0 Å². The number of methoxy groups -OCH3 is 14. The minimum Gasteiger partial charge on any atom is -0.387 e. The normalized spacial score (nSPS) is 48.7. The van der Waals surface area contributed by atoms with Crippen molar-refractivity contribution in [3.8, 4) is 0 Å². The van der Waals surface area contributed by atoms with Gasteiger partial charge in [-0.3, -0.25) is 0 Å². The third-order valence-corrected chi connectivity index (χ3v) is 17.6. The highest BCUT2D eigenvalue weighted by Crippen LogP contribution is 2.41. The highest BCUT2D eigenvalue weighted by atomic mass is 16.8. The molecular weight excluding hydrogens is 1230 g/mol. The molecule has 35 heteroatoms. The van der Waals surface area contributed by atoms with Crippen LogP contribution in [0.4, 0.5) is 0 Å². The van der Waals surface area contributed by atoms with Gasteiger partial charge in [0, 0.05) is 99.5 Å². The Morgan fingerprint density at radius 3 is 0.385 bits per heavy atom. The molecule has 21 rings (SSSR count). The summed E-state index contributed by atoms with van der Waals surface area (Å²) in [7, 11) is 18.7. The summed E-state index contributed by atoms with van der Waals surface area (Å²) in [6, 6.07) is 0. The minimum atomic E-state index is -1.62. The molecule has 91 heavy (non-hydrogen) atoms. The van der Waals surface area contributed by atoms with Crippen molar-refractivity contribution in [3.63, 3.8) is 0 Å². The van der Waals surface area contributed by atoms with Gasteiger partial charge in [-0.05, 0) is 0 Å². The summed E-state index contributed by atoms with van der Waals surface area (Å²) in [6.45, 7) is -1.59. The van der Waals surface area contributed by atoms with E-state index in [4.69, 9.17) is 133 Å². The molecule has 21 fully saturated rings. The van der Waals surface area contributed by atoms with E-state index in [2.05, 4.69) is 0 Å². The number of hydrogen-bond donors (Lipinski definition) is 7. The standard InChI is InChI=1S/C56H98O35/c1-64-15-22-36-29(57)43(71-8)50(78-22)86-37-23(16-65-2)80-52(45(73-10)30(37)58)88-39-25(18-67-4)82-54(47(75-12)32(39)60)90-41-27(20-69-6)84-56(49(77-14)34(41)62)91-42-28(21-70-7)83-55(48(76-13)35(42)63)89-40-26(19-68-5)81-53(46(74-11)33(40)61)87-38-24(17-66-3)79-51(85-36)44(72-9)31(38)59/h22-63H,15-21H2,1-14H3/t22-,23-,24-,25-,26-,27-,28-,29+,30+,31+,32+,33+,34+,35+,36-,37-,38-,39-,40-,41-,42-,43-,44-,45-,46-,47-,48+,49+,50-,51-,52-,53-,54-,55-,56-/m1/s1. The molecule has 0 aliphatic carbocycles. The van der Waals surface area contributed by atoms with Crippen molar-refractivity contribution in [2.45, 2.75) is 215 Å². The van der Waals surface area contributed by atoms with Crippen molar-refractivity contribution in [2.75, 3.05) is 146 Å². The summed E-state index contributed by atoms with van der Waals surface area (Å²) >= 11 is 0. The molecule has 21 aliphatic rings. The molecule has 35 nitrogen and oxygen atoms in total. The Balaban J connectivity index is 1.17. The van der Waals surface area contributed by atoms with Crippen molar-refractivity contribution in [2.24, 2.45) is 0 Å². The first-order chi connectivity index (χ1) is 43.9. The van der Waals surface area contributed by atoms with E-state index in [0.29, 0.717) is 0 Å². The van der Waals surface area contributed by atoms with Crippen molar-refractivity contribution < 1.29 is 168 Å². The van der Waals surface area contributed by atoms with Gasteiger partial charge in [0.2, 0.25) is 0 Å². The predicted octanol–water partition coefficient (Wildman–Crippen LogP) is -6.07. The summed E-state index contributed by atoms with van der Waals surface area (Å²) < 4.78 is 171. The Morgan fingerprint density at radius 1 is 0.187 bits per heavy atom. The van der Waals surface area contributed by atoms with Crippen LogP contribution >= 0.6 is 0 Å². The van der Waals surface area contributed by atoms with Gasteiger partial charge in [0.1, 0.15) is 171 Å². The second kappa shape index (κ2) is 35.4. The lowest BCUT2D eigenvalue weighted by atomic mass is 9.95. The van der Waals surface area contributed by atoms with Crippen molar-refractivity contribution in [1.82, 2.24) is 0 Å². The Bertz CT molecular complexity index is 1680. The van der Waals surface area contributed by atoms with Crippen LogP contribution in [-0.4, -0.2) is 396 Å². The van der Waals surface area contributed by atoms with Crippen LogP contribution in [0.2, 0.25) is 0 Å². The fraction of sp³-hybridized carbons (Fsp3) is 1.00. The fourth-order valence-electron chi connectivity index (χ4n) is 13.1. The van der Waals surface area contributed by atoms with Gasteiger partial charge in [-0.2, -0.15) is 0 Å². The second-order valence-electron chi connectivity index (χ2n) is 23.0. The molecule has 7 N–H and O–H groups in total. The van der Waals surface area contributed by atoms with Crippen LogP contribution in [0.1, 0.15) is 0 Å². The quantitative estimate of drug-likeness (QED) is 0.0562. The van der Waals surface area contributed by atoms with Crippen LogP contribution in [0, 0.1) is 0 Å². The van der Waals surface area contributed by atoms with E-state index in [0.717, 1.165) is 0 Å². The van der Waals surface area contributed by atoms with Gasteiger partial charge >= 0.3 is 0 Å². The van der Waals surface area contributed by atoms with E-state index in [9.17, 15) is 35.7 Å². The molecule has 0 aromatic rings. The summed E-state index contributed by atoms with van der Waals surface area (Å²) in [5.74, 6) is 0. The van der Waals surface area contributed by atoms with Gasteiger partial charge in [0.05, 0.1) is 46.2 Å². The van der Waals surface area contributed by atoms with Gasteiger partial charge < -0.3 is 168 Å². The summed E-state index contributed by atoms with van der Waals surface area (Å²) in [5.41, 5.74) is 0. The number of ether oxygens (including phenoxy) is 28. The average Bonchev–Trinajstić information content (AvgIpc) is 0.810. The molecule has 0 amide bonds. The first-order valence-electron chi connectivity index (χ1n) is 30.0. The average molecular weight is 1330 g/mol. The van der Waals surface area contributed by atoms with Crippen molar-refractivity contribution >= 4 is 0 Å². The van der Waals surface area contributed by atoms with Gasteiger partial charge in [-0.25, -0.2) is 0 Å². The van der Waals surface area contributed by atoms with E-state index in [-0.39, 0.29) is 46.2 Å². The van der Waals surface area contributed by atoms with Crippen LogP contribution in [0.15, 0.2) is 0 Å². The number of hydrogen-bond acceptors (Lipinski definition) is 35. The molecule has 0 aromatic heterocycles. The largest absolute Gasteiger partial charge is 0.387 e. The summed E-state index contributed by atoms with van der Waals surface area (Å²) in [5, 5.41) is 86.2. The summed E-state index contributed by atoms with van der Waals surface area (Å²) in [4.78, 5) is 0. The number of aliphatic hydroxyl groups is 7. The van der Waals surface area contributed by atoms with Crippen LogP contribution in [0.5, 0.6) is 0 Å². The van der Waals surface area contributed by atoms with E-state index < -0.39 is 215 Å². The molecule has 21 aliphatic heterocycles. The maximum Gasteiger partial charge on any atom is 0.187 e. The molecule has 21 heterocycles. The van der Waals surface area contributed by atoms with Gasteiger partial charge in [-0.1, -0.05) is 0 Å². The molecule has 0 unspecified atom stereocenters. The number of aliphatic hydroxyl groups excluding tert-OH is 7. The van der Waals surface area contributed by atoms with E-state index in [1.54, 1.807) is 0 Å². The third-order valence-electron chi connectivity index (χ3n) is 17.6. The Morgan fingerprint density at radius 2 is 0.297 bits per heavy atom. The molecule has 0 spiro atoms. The molecule has 532 valence electrons. The molecule has 14 bridgehead atoms. The highest BCUT2D eigenvalue weighted by Gasteiger charge is 2.61. The molecule has 0 radical (unpaired) electrons. The van der Waals surface area contributed by atoms with Crippen LogP contribution in [-0.2, 0) is 133 Å². The molecular formula is C56H98O35. The van der Waals surface area contributed by atoms with Gasteiger partial charge in [0.25, 0.3) is 0 Å². The maximum atomic E-state index is 12.3. The zero-order valence-electron chi connectivity index (χ0n) is 53.7. The molecule has 0 aromatic carbocycles. The maximum absolute atomic E-state index is 12.3. The monoisotopic (exact) mass is 1330 g/mol. The first kappa shape index (κ1) is 75.4. The second-order valence-corrected chi connectivity index (χ2v) is 23.0. The Hall–Kier alpha value is -1.40. The SMILES string of the molecule is COC[C@H]1O[C@@H]2O[C@H]3[C@H](O)[C@@H](OC)[C@@H](O[C@H]4[C@H](O)[C@@H](OC)[C@@H](O[C@H]5[C@H](O)[C@@H](OC)[C@@H](O[C@H]6[C@H](O)[C@@H](OC)[C@@H](O[C@H]7[C@H](O)[C@@H](OC)[C@@H](O[C@H]8[C@H](O)[C@H](OC)[C@@H](O[C@H]1[C@H](O)[C@@H]2OC)O[C@@H]8COC)O[C@@H]7COC)O[C@@H]6COC)O[C@@H]5COC)O[C@@H]4COC)O[C@@H]3COC. The lowest BCUT2D eigenvalue weighted by molar-refractivity contribution is -0.400.